The molecule has 1 amide bonds. The summed E-state index contributed by atoms with van der Waals surface area (Å²) in [7, 11) is 2.83. The predicted molar refractivity (Wildman–Crippen MR) is 74.4 cm³/mol. The number of ether oxygens (including phenoxy) is 1. The fraction of sp³-hybridized carbons (Fsp3) is 0.214. The van der Waals surface area contributed by atoms with Gasteiger partial charge in [-0.05, 0) is 31.2 Å². The molecule has 0 spiro atoms. The van der Waals surface area contributed by atoms with E-state index in [1.54, 1.807) is 26.1 Å². The van der Waals surface area contributed by atoms with Crippen LogP contribution in [-0.2, 0) is 11.8 Å². The zero-order valence-corrected chi connectivity index (χ0v) is 11.8. The van der Waals surface area contributed by atoms with Crippen LogP contribution < -0.4 is 10.9 Å². The van der Waals surface area contributed by atoms with Gasteiger partial charge in [0.2, 0.25) is 0 Å². The molecule has 21 heavy (non-hydrogen) atoms. The first-order valence-corrected chi connectivity index (χ1v) is 6.10. The van der Waals surface area contributed by atoms with E-state index in [0.717, 1.165) is 0 Å². The van der Waals surface area contributed by atoms with Crippen LogP contribution in [0.25, 0.3) is 0 Å². The number of aromatic nitrogens is 1. The maximum Gasteiger partial charge on any atom is 0.370 e. The molecule has 0 aliphatic rings. The molecular formula is C14H14N2O5. The van der Waals surface area contributed by atoms with Gasteiger partial charge in [0.1, 0.15) is 5.56 Å². The molecule has 0 saturated carbocycles. The third-order valence-electron chi connectivity index (χ3n) is 3.05. The minimum absolute atomic E-state index is 0.0467. The Morgan fingerprint density at radius 2 is 1.86 bits per heavy atom. The molecule has 0 radical (unpaired) electrons. The molecule has 0 bridgehead atoms. The second-order valence-corrected chi connectivity index (χ2v) is 4.36. The molecule has 1 N–H and O–H groups in total. The first-order valence-electron chi connectivity index (χ1n) is 6.10. The van der Waals surface area contributed by atoms with Crippen LogP contribution in [0.4, 0.5) is 5.69 Å². The van der Waals surface area contributed by atoms with Gasteiger partial charge < -0.3 is 14.6 Å². The number of methoxy groups -OCH3 is 1. The van der Waals surface area contributed by atoms with E-state index in [0.29, 0.717) is 16.9 Å². The van der Waals surface area contributed by atoms with Gasteiger partial charge >= 0.3 is 11.6 Å². The second kappa shape index (κ2) is 5.66. The fourth-order valence-electron chi connectivity index (χ4n) is 1.80. The van der Waals surface area contributed by atoms with Crippen LogP contribution >= 0.6 is 0 Å². The van der Waals surface area contributed by atoms with E-state index in [1.807, 2.05) is 0 Å². The number of benzene rings is 1. The Balaban J connectivity index is 2.20. The van der Waals surface area contributed by atoms with Crippen LogP contribution in [0.15, 0.2) is 33.6 Å². The molecule has 110 valence electrons. The van der Waals surface area contributed by atoms with E-state index in [2.05, 4.69) is 10.1 Å². The van der Waals surface area contributed by atoms with Gasteiger partial charge in [-0.15, -0.1) is 0 Å². The van der Waals surface area contributed by atoms with E-state index < -0.39 is 17.5 Å². The number of rotatable bonds is 3. The SMILES string of the molecule is COC(=O)c1ccc(NC(=O)c2c(C)n(C)oc2=O)cc1. The van der Waals surface area contributed by atoms with E-state index in [-0.39, 0.29) is 5.56 Å². The monoisotopic (exact) mass is 290 g/mol. The number of aryl methyl sites for hydroxylation is 1. The van der Waals surface area contributed by atoms with Gasteiger partial charge in [0, 0.05) is 12.7 Å². The number of anilines is 1. The molecular weight excluding hydrogens is 276 g/mol. The summed E-state index contributed by atoms with van der Waals surface area (Å²) in [5.41, 5.74) is 0.512. The van der Waals surface area contributed by atoms with E-state index >= 15 is 0 Å². The molecule has 0 aliphatic carbocycles. The van der Waals surface area contributed by atoms with Crippen LogP contribution in [0.1, 0.15) is 26.4 Å². The van der Waals surface area contributed by atoms with Crippen molar-refractivity contribution >= 4 is 17.6 Å². The minimum Gasteiger partial charge on any atom is -0.465 e. The second-order valence-electron chi connectivity index (χ2n) is 4.36. The smallest absolute Gasteiger partial charge is 0.370 e. The molecule has 0 fully saturated rings. The van der Waals surface area contributed by atoms with Gasteiger partial charge in [-0.25, -0.2) is 14.3 Å². The summed E-state index contributed by atoms with van der Waals surface area (Å²) in [5.74, 6) is -1.03. The van der Waals surface area contributed by atoms with Crippen LogP contribution in [0.3, 0.4) is 0 Å². The van der Waals surface area contributed by atoms with Gasteiger partial charge in [-0.2, -0.15) is 0 Å². The Morgan fingerprint density at radius 1 is 1.24 bits per heavy atom. The van der Waals surface area contributed by atoms with Gasteiger partial charge in [-0.1, -0.05) is 0 Å². The Morgan fingerprint density at radius 3 is 2.33 bits per heavy atom. The minimum atomic E-state index is -0.696. The van der Waals surface area contributed by atoms with Gasteiger partial charge in [-0.3, -0.25) is 4.79 Å². The molecule has 2 aromatic rings. The Bertz CT molecular complexity index is 740. The molecule has 0 saturated heterocycles. The summed E-state index contributed by atoms with van der Waals surface area (Å²) in [6, 6.07) is 6.12. The van der Waals surface area contributed by atoms with Crippen LogP contribution in [0.5, 0.6) is 0 Å². The zero-order valence-electron chi connectivity index (χ0n) is 11.8. The van der Waals surface area contributed by atoms with Crippen LogP contribution in [0, 0.1) is 6.92 Å². The number of carbonyl (C=O) groups is 2. The first kappa shape index (κ1) is 14.6. The Labute approximate surface area is 120 Å². The van der Waals surface area contributed by atoms with E-state index in [9.17, 15) is 14.4 Å². The lowest BCUT2D eigenvalue weighted by atomic mass is 10.2. The summed E-state index contributed by atoms with van der Waals surface area (Å²) in [5, 5.41) is 2.57. The number of nitrogens with one attached hydrogen (secondary N) is 1. The van der Waals surface area contributed by atoms with Crippen molar-refractivity contribution in [1.82, 2.24) is 4.74 Å². The van der Waals surface area contributed by atoms with E-state index in [1.165, 1.54) is 24.0 Å². The number of amides is 1. The summed E-state index contributed by atoms with van der Waals surface area (Å²) in [6.45, 7) is 1.61. The van der Waals surface area contributed by atoms with E-state index in [4.69, 9.17) is 4.52 Å². The summed E-state index contributed by atoms with van der Waals surface area (Å²) in [4.78, 5) is 34.9. The highest BCUT2D eigenvalue weighted by Crippen LogP contribution is 2.12. The lowest BCUT2D eigenvalue weighted by Gasteiger charge is -2.05. The average molecular weight is 290 g/mol. The van der Waals surface area contributed by atoms with Crippen molar-refractivity contribution in [2.24, 2.45) is 7.05 Å². The maximum atomic E-state index is 12.1. The highest BCUT2D eigenvalue weighted by molar-refractivity contribution is 6.04. The standard InChI is InChI=1S/C14H14N2O5/c1-8-11(14(19)21-16(8)2)12(17)15-10-6-4-9(5-7-10)13(18)20-3/h4-7H,1-3H3,(H,15,17). The number of nitrogens with zero attached hydrogens (tertiary/aromatic N) is 1. The van der Waals surface area contributed by atoms with Crippen molar-refractivity contribution in [3.05, 3.63) is 51.5 Å². The van der Waals surface area contributed by atoms with Crippen molar-refractivity contribution in [3.8, 4) is 0 Å². The highest BCUT2D eigenvalue weighted by Gasteiger charge is 2.19. The molecule has 1 heterocycles. The third-order valence-corrected chi connectivity index (χ3v) is 3.05. The maximum absolute atomic E-state index is 12.1. The largest absolute Gasteiger partial charge is 0.465 e. The lowest BCUT2D eigenvalue weighted by molar-refractivity contribution is 0.0600. The number of carbonyl (C=O) groups excluding carboxylic acids is 2. The molecule has 0 unspecified atom stereocenters. The van der Waals surface area contributed by atoms with Crippen molar-refractivity contribution in [3.63, 3.8) is 0 Å². The van der Waals surface area contributed by atoms with Crippen molar-refractivity contribution in [2.45, 2.75) is 6.92 Å². The van der Waals surface area contributed by atoms with Crippen molar-refractivity contribution in [1.29, 1.82) is 0 Å². The van der Waals surface area contributed by atoms with Gasteiger partial charge in [0.25, 0.3) is 5.91 Å². The number of hydrogen-bond acceptors (Lipinski definition) is 5. The zero-order chi connectivity index (χ0) is 15.6. The Hall–Kier alpha value is -2.83. The van der Waals surface area contributed by atoms with Gasteiger partial charge in [0.05, 0.1) is 18.4 Å². The number of esters is 1. The predicted octanol–water partition coefficient (Wildman–Crippen LogP) is 1.33. The highest BCUT2D eigenvalue weighted by atomic mass is 16.5. The topological polar surface area (TPSA) is 90.5 Å². The van der Waals surface area contributed by atoms with Gasteiger partial charge in [0.15, 0.2) is 0 Å². The molecule has 1 aromatic heterocycles. The quantitative estimate of drug-likeness (QED) is 0.861. The van der Waals surface area contributed by atoms with Crippen molar-refractivity contribution < 1.29 is 18.8 Å². The third kappa shape index (κ3) is 2.86. The Kier molecular flexibility index (Phi) is 3.93. The fourth-order valence-corrected chi connectivity index (χ4v) is 1.80. The van der Waals surface area contributed by atoms with Crippen LogP contribution in [0.2, 0.25) is 0 Å². The molecule has 0 aliphatic heterocycles. The summed E-state index contributed by atoms with van der Waals surface area (Å²) < 4.78 is 10.6. The summed E-state index contributed by atoms with van der Waals surface area (Å²) >= 11 is 0. The molecule has 0 atom stereocenters. The molecule has 2 rings (SSSR count). The van der Waals surface area contributed by atoms with Crippen molar-refractivity contribution in [2.75, 3.05) is 12.4 Å². The van der Waals surface area contributed by atoms with Crippen LogP contribution in [-0.4, -0.2) is 23.7 Å². The summed E-state index contributed by atoms with van der Waals surface area (Å²) in [6.07, 6.45) is 0. The first-order chi connectivity index (χ1) is 9.93. The lowest BCUT2D eigenvalue weighted by Crippen LogP contribution is -2.19. The average Bonchev–Trinajstić information content (AvgIpc) is 2.72. The number of hydrogen-bond donors (Lipinski definition) is 1. The normalized spacial score (nSPS) is 10.2. The molecule has 1 aromatic carbocycles. The molecule has 7 nitrogen and oxygen atoms in total. The molecule has 7 heteroatoms.